The van der Waals surface area contributed by atoms with Crippen molar-refractivity contribution >= 4 is 34.5 Å². The van der Waals surface area contributed by atoms with Gasteiger partial charge in [0.2, 0.25) is 5.95 Å². The lowest BCUT2D eigenvalue weighted by molar-refractivity contribution is -0.159. The van der Waals surface area contributed by atoms with Gasteiger partial charge >= 0.3 is 5.92 Å². The Morgan fingerprint density at radius 3 is 2.67 bits per heavy atom. The number of rotatable bonds is 5. The number of halogens is 4. The summed E-state index contributed by atoms with van der Waals surface area (Å²) in [6.45, 7) is 4.50. The smallest absolute Gasteiger partial charge is 0.336 e. The van der Waals surface area contributed by atoms with Gasteiger partial charge in [-0.1, -0.05) is 11.6 Å². The number of aliphatic hydroxyl groups is 1. The maximum Gasteiger partial charge on any atom is 0.336 e. The first-order valence-electron chi connectivity index (χ1n) is 11.3. The molecule has 0 saturated carbocycles. The van der Waals surface area contributed by atoms with Gasteiger partial charge in [-0.15, -0.1) is 0 Å². The van der Waals surface area contributed by atoms with Gasteiger partial charge in [-0.3, -0.25) is 4.79 Å². The summed E-state index contributed by atoms with van der Waals surface area (Å²) in [7, 11) is 0. The number of imidazole rings is 1. The fourth-order valence-electron chi connectivity index (χ4n) is 4.15. The maximum absolute atomic E-state index is 14.9. The molecule has 4 rings (SSSR count). The van der Waals surface area contributed by atoms with Gasteiger partial charge in [0.05, 0.1) is 47.4 Å². The molecule has 0 radical (unpaired) electrons. The topological polar surface area (TPSA) is 122 Å². The number of piperidine rings is 1. The second-order valence-corrected chi connectivity index (χ2v) is 10.2. The van der Waals surface area contributed by atoms with Crippen LogP contribution in [0.15, 0.2) is 24.7 Å². The van der Waals surface area contributed by atoms with E-state index in [9.17, 15) is 23.1 Å². The van der Waals surface area contributed by atoms with Crippen molar-refractivity contribution < 1.29 is 23.1 Å². The van der Waals surface area contributed by atoms with Crippen molar-refractivity contribution in [1.29, 1.82) is 0 Å². The highest BCUT2D eigenvalue weighted by molar-refractivity contribution is 6.33. The number of carbonyl (C=O) groups is 1. The van der Waals surface area contributed by atoms with Crippen LogP contribution in [0.25, 0.3) is 22.3 Å². The van der Waals surface area contributed by atoms with E-state index in [1.165, 1.54) is 12.3 Å². The van der Waals surface area contributed by atoms with Crippen LogP contribution >= 0.6 is 11.6 Å². The molecule has 0 bridgehead atoms. The molecule has 0 unspecified atom stereocenters. The number of carbonyl (C=O) groups excluding carboxylic acids is 1. The quantitative estimate of drug-likeness (QED) is 0.468. The molecule has 4 N–H and O–H groups in total. The van der Waals surface area contributed by atoms with Crippen LogP contribution in [0.4, 0.5) is 19.1 Å². The molecular formula is C23H27ClF3N7O2. The van der Waals surface area contributed by atoms with Crippen molar-refractivity contribution in [2.24, 2.45) is 5.73 Å². The second-order valence-electron chi connectivity index (χ2n) is 9.77. The first-order valence-corrected chi connectivity index (χ1v) is 11.7. The summed E-state index contributed by atoms with van der Waals surface area (Å²) in [5.74, 6) is -5.53. The number of benzene rings is 1. The Morgan fingerprint density at radius 1 is 1.31 bits per heavy atom. The number of β-amino-alcohol motifs (C(OH)–C–C–N with tert-alkyl or cyclic N) is 1. The molecule has 1 aliphatic heterocycles. The second kappa shape index (κ2) is 9.49. The molecule has 2 atom stereocenters. The summed E-state index contributed by atoms with van der Waals surface area (Å²) in [5, 5.41) is 13.6. The third kappa shape index (κ3) is 4.97. The van der Waals surface area contributed by atoms with E-state index >= 15 is 0 Å². The lowest BCUT2D eigenvalue weighted by atomic mass is 10.0. The number of alkyl halides is 2. The minimum Gasteiger partial charge on any atom is -0.389 e. The standard InChI is InChI=1S/C23H27ClF3N7O2/c1-22(2,3)34-11-30-19-14(25)6-12(7-16(19)34)18-13(24)8-29-21(32-18)31-15-4-5-33(9-17(15)35)20(36)23(26,27)10-28/h6-8,11,15,17,35H,4-5,9-10,28H2,1-3H3,(H,29,31,32)/t15-,17-/m1/s1. The highest BCUT2D eigenvalue weighted by Gasteiger charge is 2.43. The fraction of sp³-hybridized carbons (Fsp3) is 0.478. The molecule has 2 aromatic heterocycles. The summed E-state index contributed by atoms with van der Waals surface area (Å²) in [5.41, 5.74) is 6.11. The molecule has 3 heterocycles. The van der Waals surface area contributed by atoms with Gasteiger partial charge in [0, 0.05) is 24.2 Å². The minimum atomic E-state index is -3.69. The van der Waals surface area contributed by atoms with Gasteiger partial charge in [0.1, 0.15) is 5.52 Å². The Bertz CT molecular complexity index is 1290. The van der Waals surface area contributed by atoms with Crippen LogP contribution in [0.3, 0.4) is 0 Å². The van der Waals surface area contributed by atoms with E-state index in [2.05, 4.69) is 20.3 Å². The highest BCUT2D eigenvalue weighted by Crippen LogP contribution is 2.32. The number of aliphatic hydroxyl groups excluding tert-OH is 1. The normalized spacial score (nSPS) is 19.1. The molecule has 36 heavy (non-hydrogen) atoms. The number of aromatic nitrogens is 4. The van der Waals surface area contributed by atoms with Crippen molar-refractivity contribution in [2.75, 3.05) is 25.0 Å². The third-order valence-electron chi connectivity index (χ3n) is 6.10. The number of anilines is 1. The van der Waals surface area contributed by atoms with Crippen LogP contribution in [0.2, 0.25) is 5.02 Å². The zero-order valence-electron chi connectivity index (χ0n) is 20.0. The molecule has 13 heteroatoms. The molecule has 1 saturated heterocycles. The van der Waals surface area contributed by atoms with Crippen LogP contribution in [-0.2, 0) is 10.3 Å². The van der Waals surface area contributed by atoms with E-state index in [4.69, 9.17) is 17.3 Å². The molecule has 3 aromatic rings. The average Bonchev–Trinajstić information content (AvgIpc) is 3.26. The average molecular weight is 526 g/mol. The Labute approximate surface area is 210 Å². The molecule has 1 aromatic carbocycles. The van der Waals surface area contributed by atoms with Crippen LogP contribution in [0.1, 0.15) is 27.2 Å². The zero-order chi connectivity index (χ0) is 26.4. The number of hydrogen-bond acceptors (Lipinski definition) is 7. The van der Waals surface area contributed by atoms with E-state index in [0.29, 0.717) is 11.1 Å². The van der Waals surface area contributed by atoms with E-state index < -0.39 is 36.3 Å². The van der Waals surface area contributed by atoms with E-state index in [1.807, 2.05) is 25.3 Å². The van der Waals surface area contributed by atoms with Crippen LogP contribution < -0.4 is 11.1 Å². The lowest BCUT2D eigenvalue weighted by Gasteiger charge is -2.37. The summed E-state index contributed by atoms with van der Waals surface area (Å²) in [6, 6.07) is 2.42. The molecule has 9 nitrogen and oxygen atoms in total. The van der Waals surface area contributed by atoms with Crippen molar-refractivity contribution in [3.05, 3.63) is 35.5 Å². The van der Waals surface area contributed by atoms with Crippen LogP contribution in [-0.4, -0.2) is 73.1 Å². The number of nitrogens with two attached hydrogens (primary N) is 1. The number of likely N-dealkylation sites (tertiary alicyclic amines) is 1. The molecule has 0 aliphatic carbocycles. The Morgan fingerprint density at radius 2 is 2.03 bits per heavy atom. The largest absolute Gasteiger partial charge is 0.389 e. The van der Waals surface area contributed by atoms with Crippen LogP contribution in [0.5, 0.6) is 0 Å². The predicted molar refractivity (Wildman–Crippen MR) is 129 cm³/mol. The number of hydrogen-bond donors (Lipinski definition) is 3. The Kier molecular flexibility index (Phi) is 6.88. The number of nitrogens with one attached hydrogen (secondary N) is 1. The first kappa shape index (κ1) is 26.1. The zero-order valence-corrected chi connectivity index (χ0v) is 20.7. The summed E-state index contributed by atoms with van der Waals surface area (Å²) >= 11 is 6.35. The summed E-state index contributed by atoms with van der Waals surface area (Å²) in [6.07, 6.45) is 1.94. The third-order valence-corrected chi connectivity index (χ3v) is 6.37. The predicted octanol–water partition coefficient (Wildman–Crippen LogP) is 3.01. The van der Waals surface area contributed by atoms with Gasteiger partial charge in [-0.05, 0) is 39.3 Å². The van der Waals surface area contributed by atoms with Crippen molar-refractivity contribution in [3.63, 3.8) is 0 Å². The number of fused-ring (bicyclic) bond motifs is 1. The molecule has 1 amide bonds. The van der Waals surface area contributed by atoms with Gasteiger partial charge in [-0.2, -0.15) is 8.78 Å². The molecule has 0 spiro atoms. The van der Waals surface area contributed by atoms with Crippen molar-refractivity contribution in [3.8, 4) is 11.3 Å². The summed E-state index contributed by atoms with van der Waals surface area (Å²) in [4.78, 5) is 25.6. The van der Waals surface area contributed by atoms with Gasteiger partial charge in [-0.25, -0.2) is 19.3 Å². The van der Waals surface area contributed by atoms with Crippen LogP contribution in [0, 0.1) is 5.82 Å². The monoisotopic (exact) mass is 525 g/mol. The van der Waals surface area contributed by atoms with E-state index in [0.717, 1.165) is 4.90 Å². The van der Waals surface area contributed by atoms with Gasteiger partial charge in [0.15, 0.2) is 5.82 Å². The maximum atomic E-state index is 14.9. The highest BCUT2D eigenvalue weighted by atomic mass is 35.5. The first-order chi connectivity index (χ1) is 16.8. The van der Waals surface area contributed by atoms with E-state index in [1.54, 1.807) is 12.4 Å². The van der Waals surface area contributed by atoms with Crippen molar-refractivity contribution in [2.45, 2.75) is 50.8 Å². The number of amides is 1. The molecule has 1 aliphatic rings. The van der Waals surface area contributed by atoms with Gasteiger partial charge in [0.25, 0.3) is 5.91 Å². The molecular weight excluding hydrogens is 499 g/mol. The summed E-state index contributed by atoms with van der Waals surface area (Å²) < 4.78 is 44.1. The Hall–Kier alpha value is -2.96. The lowest BCUT2D eigenvalue weighted by Crippen LogP contribution is -2.56. The van der Waals surface area contributed by atoms with E-state index in [-0.39, 0.29) is 47.2 Å². The molecule has 194 valence electrons. The van der Waals surface area contributed by atoms with Crippen molar-refractivity contribution in [1.82, 2.24) is 24.4 Å². The number of nitrogens with zero attached hydrogens (tertiary/aromatic N) is 5. The Balaban J connectivity index is 1.58. The fourth-order valence-corrected chi connectivity index (χ4v) is 4.35. The van der Waals surface area contributed by atoms with Gasteiger partial charge < -0.3 is 25.6 Å². The minimum absolute atomic E-state index is 0.0116. The molecule has 1 fully saturated rings. The SMILES string of the molecule is CC(C)(C)n1cnc2c(F)cc(-c3nc(N[C@@H]4CCN(C(=O)C(F)(F)CN)C[C@H]4O)ncc3Cl)cc21.